The van der Waals surface area contributed by atoms with E-state index in [-0.39, 0.29) is 21.9 Å². The van der Waals surface area contributed by atoms with Gasteiger partial charge in [0.1, 0.15) is 12.3 Å². The molecule has 0 saturated heterocycles. The predicted octanol–water partition coefficient (Wildman–Crippen LogP) is 3.88. The minimum absolute atomic E-state index is 0.0872. The van der Waals surface area contributed by atoms with E-state index in [0.29, 0.717) is 16.8 Å². The highest BCUT2D eigenvalue weighted by molar-refractivity contribution is 7.22. The smallest absolute Gasteiger partial charge is 0.269 e. The van der Waals surface area contributed by atoms with Gasteiger partial charge in [0.05, 0.1) is 39.6 Å². The summed E-state index contributed by atoms with van der Waals surface area (Å²) in [5, 5.41) is 16.4. The lowest BCUT2D eigenvalue weighted by Crippen LogP contribution is -2.41. The Labute approximate surface area is 213 Å². The third-order valence-electron chi connectivity index (χ3n) is 5.60. The standard InChI is InChI=1S/C25H17N5O6S/c1-36-17-10-11-20-21(12-17)37-25(27-20)29(26-13-15-6-8-16(9-7-15)30(34)35)22(31)14-28-23(32)18-4-2-3-5-19(18)24(28)33/h2-13H,14H2,1H3/b26-13+. The Bertz CT molecular complexity index is 1560. The molecule has 11 nitrogen and oxygen atoms in total. The molecule has 0 spiro atoms. The molecule has 1 aliphatic rings. The lowest BCUT2D eigenvalue weighted by atomic mass is 10.1. The summed E-state index contributed by atoms with van der Waals surface area (Å²) in [5.74, 6) is -1.19. The highest BCUT2D eigenvalue weighted by Crippen LogP contribution is 2.32. The van der Waals surface area contributed by atoms with Gasteiger partial charge in [-0.05, 0) is 48.0 Å². The van der Waals surface area contributed by atoms with Crippen LogP contribution in [0.25, 0.3) is 10.2 Å². The van der Waals surface area contributed by atoms with E-state index in [0.717, 1.165) is 14.6 Å². The third kappa shape index (κ3) is 4.52. The monoisotopic (exact) mass is 515 g/mol. The molecule has 12 heteroatoms. The fourth-order valence-corrected chi connectivity index (χ4v) is 4.69. The second kappa shape index (κ2) is 9.59. The first-order valence-electron chi connectivity index (χ1n) is 10.9. The molecule has 3 aromatic carbocycles. The number of nitro groups is 1. The topological polar surface area (TPSA) is 135 Å². The molecule has 37 heavy (non-hydrogen) atoms. The van der Waals surface area contributed by atoms with E-state index in [1.165, 1.54) is 61.1 Å². The number of fused-ring (bicyclic) bond motifs is 2. The van der Waals surface area contributed by atoms with Crippen molar-refractivity contribution in [2.24, 2.45) is 5.10 Å². The number of hydrogen-bond donors (Lipinski definition) is 0. The lowest BCUT2D eigenvalue weighted by molar-refractivity contribution is -0.384. The van der Waals surface area contributed by atoms with Crippen molar-refractivity contribution < 1.29 is 24.0 Å². The van der Waals surface area contributed by atoms with Gasteiger partial charge in [-0.3, -0.25) is 29.4 Å². The molecule has 0 unspecified atom stereocenters. The molecule has 0 fully saturated rings. The summed E-state index contributed by atoms with van der Waals surface area (Å²) in [4.78, 5) is 54.8. The van der Waals surface area contributed by atoms with Crippen LogP contribution in [0.3, 0.4) is 0 Å². The summed E-state index contributed by atoms with van der Waals surface area (Å²) in [7, 11) is 1.54. The minimum Gasteiger partial charge on any atom is -0.497 e. The molecule has 5 rings (SSSR count). The summed E-state index contributed by atoms with van der Waals surface area (Å²) in [6, 6.07) is 17.2. The number of anilines is 1. The van der Waals surface area contributed by atoms with Gasteiger partial charge in [-0.15, -0.1) is 0 Å². The SMILES string of the molecule is COc1ccc2nc(N(/N=C/c3ccc([N+](=O)[O-])cc3)C(=O)CN3C(=O)c4ccccc4C3=O)sc2c1. The number of hydrogen-bond acceptors (Lipinski definition) is 9. The summed E-state index contributed by atoms with van der Waals surface area (Å²) in [6.07, 6.45) is 1.34. The van der Waals surface area contributed by atoms with Crippen molar-refractivity contribution in [1.82, 2.24) is 9.88 Å². The van der Waals surface area contributed by atoms with Gasteiger partial charge in [-0.25, -0.2) is 4.98 Å². The first-order valence-corrected chi connectivity index (χ1v) is 11.7. The zero-order valence-electron chi connectivity index (χ0n) is 19.2. The molecule has 1 aromatic heterocycles. The van der Waals surface area contributed by atoms with Crippen molar-refractivity contribution in [2.45, 2.75) is 0 Å². The molecule has 184 valence electrons. The molecule has 0 bridgehead atoms. The number of methoxy groups -OCH3 is 1. The second-order valence-corrected chi connectivity index (χ2v) is 8.88. The molecule has 0 N–H and O–H groups in total. The number of non-ortho nitro benzene ring substituents is 1. The fourth-order valence-electron chi connectivity index (χ4n) is 3.72. The first kappa shape index (κ1) is 23.8. The van der Waals surface area contributed by atoms with Crippen molar-refractivity contribution in [1.29, 1.82) is 0 Å². The van der Waals surface area contributed by atoms with Crippen LogP contribution < -0.4 is 9.75 Å². The summed E-state index contributed by atoms with van der Waals surface area (Å²) >= 11 is 1.17. The molecular weight excluding hydrogens is 498 g/mol. The van der Waals surface area contributed by atoms with Crippen molar-refractivity contribution >= 4 is 56.3 Å². The van der Waals surface area contributed by atoms with Crippen LogP contribution in [0.2, 0.25) is 0 Å². The Morgan fingerprint density at radius 2 is 1.78 bits per heavy atom. The van der Waals surface area contributed by atoms with E-state index in [9.17, 15) is 24.5 Å². The number of carbonyl (C=O) groups is 3. The van der Waals surface area contributed by atoms with Crippen LogP contribution >= 0.6 is 11.3 Å². The Kier molecular flexibility index (Phi) is 6.15. The van der Waals surface area contributed by atoms with E-state index < -0.39 is 29.2 Å². The number of benzene rings is 3. The van der Waals surface area contributed by atoms with Gasteiger partial charge in [-0.1, -0.05) is 23.5 Å². The van der Waals surface area contributed by atoms with E-state index in [4.69, 9.17) is 4.74 Å². The number of amides is 3. The van der Waals surface area contributed by atoms with Crippen LogP contribution in [0, 0.1) is 10.1 Å². The molecule has 0 aliphatic carbocycles. The first-order chi connectivity index (χ1) is 17.9. The van der Waals surface area contributed by atoms with E-state index in [2.05, 4.69) is 10.1 Å². The maximum atomic E-state index is 13.4. The zero-order valence-corrected chi connectivity index (χ0v) is 20.0. The summed E-state index contributed by atoms with van der Waals surface area (Å²) < 4.78 is 5.99. The lowest BCUT2D eigenvalue weighted by Gasteiger charge is -2.18. The number of hydrazone groups is 1. The number of imide groups is 1. The van der Waals surface area contributed by atoms with Gasteiger partial charge in [-0.2, -0.15) is 10.1 Å². The summed E-state index contributed by atoms with van der Waals surface area (Å²) in [6.45, 7) is -0.552. The summed E-state index contributed by atoms with van der Waals surface area (Å²) in [5.41, 5.74) is 1.47. The Morgan fingerprint density at radius 3 is 2.41 bits per heavy atom. The van der Waals surface area contributed by atoms with Gasteiger partial charge < -0.3 is 4.74 Å². The number of nitro benzene ring substituents is 1. The van der Waals surface area contributed by atoms with Gasteiger partial charge in [0, 0.05) is 12.1 Å². The van der Waals surface area contributed by atoms with E-state index >= 15 is 0 Å². The highest BCUT2D eigenvalue weighted by atomic mass is 32.1. The predicted molar refractivity (Wildman–Crippen MR) is 136 cm³/mol. The van der Waals surface area contributed by atoms with Gasteiger partial charge in [0.25, 0.3) is 23.4 Å². The molecular formula is C25H17N5O6S. The van der Waals surface area contributed by atoms with Crippen molar-refractivity contribution in [3.63, 3.8) is 0 Å². The van der Waals surface area contributed by atoms with Crippen molar-refractivity contribution in [2.75, 3.05) is 18.7 Å². The minimum atomic E-state index is -0.668. The number of rotatable bonds is 7. The van der Waals surface area contributed by atoms with Crippen LogP contribution in [-0.4, -0.2) is 52.4 Å². The van der Waals surface area contributed by atoms with Crippen LogP contribution in [-0.2, 0) is 4.79 Å². The molecule has 2 heterocycles. The second-order valence-electron chi connectivity index (χ2n) is 7.87. The maximum Gasteiger partial charge on any atom is 0.269 e. The van der Waals surface area contributed by atoms with E-state index in [1.807, 2.05) is 0 Å². The highest BCUT2D eigenvalue weighted by Gasteiger charge is 2.37. The third-order valence-corrected chi connectivity index (χ3v) is 6.59. The molecule has 3 amide bonds. The normalized spacial score (nSPS) is 12.8. The van der Waals surface area contributed by atoms with Gasteiger partial charge >= 0.3 is 0 Å². The van der Waals surface area contributed by atoms with Crippen molar-refractivity contribution in [3.05, 3.63) is 93.5 Å². The average Bonchev–Trinajstić information content (AvgIpc) is 3.43. The number of aromatic nitrogens is 1. The number of ether oxygens (including phenoxy) is 1. The van der Waals surface area contributed by atoms with Crippen LogP contribution in [0.4, 0.5) is 10.8 Å². The van der Waals surface area contributed by atoms with Gasteiger partial charge in [0.2, 0.25) is 5.13 Å². The Balaban J connectivity index is 1.48. The fraction of sp³-hybridized carbons (Fsp3) is 0.0800. The van der Waals surface area contributed by atoms with Crippen molar-refractivity contribution in [3.8, 4) is 5.75 Å². The molecule has 4 aromatic rings. The molecule has 0 radical (unpaired) electrons. The number of carbonyl (C=O) groups excluding carboxylic acids is 3. The molecule has 1 aliphatic heterocycles. The molecule has 0 saturated carbocycles. The molecule has 0 atom stereocenters. The Morgan fingerprint density at radius 1 is 1.11 bits per heavy atom. The quantitative estimate of drug-likeness (QED) is 0.158. The largest absolute Gasteiger partial charge is 0.497 e. The number of nitrogens with zero attached hydrogens (tertiary/aromatic N) is 5. The maximum absolute atomic E-state index is 13.4. The number of thiazole rings is 1. The zero-order chi connectivity index (χ0) is 26.1. The van der Waals surface area contributed by atoms with Crippen LogP contribution in [0.15, 0.2) is 71.8 Å². The van der Waals surface area contributed by atoms with Gasteiger partial charge in [0.15, 0.2) is 0 Å². The van der Waals surface area contributed by atoms with E-state index in [1.54, 1.807) is 30.3 Å². The Hall–Kier alpha value is -4.97. The average molecular weight is 516 g/mol. The van der Waals surface area contributed by atoms with Crippen LogP contribution in [0.1, 0.15) is 26.3 Å². The van der Waals surface area contributed by atoms with Crippen LogP contribution in [0.5, 0.6) is 5.75 Å².